The Bertz CT molecular complexity index is 941. The predicted octanol–water partition coefficient (Wildman–Crippen LogP) is 4.30. The van der Waals surface area contributed by atoms with Crippen LogP contribution in [0.3, 0.4) is 0 Å². The van der Waals surface area contributed by atoms with Crippen LogP contribution < -0.4 is 0 Å². The summed E-state index contributed by atoms with van der Waals surface area (Å²) in [4.78, 5) is 14.9. The van der Waals surface area contributed by atoms with Crippen molar-refractivity contribution in [2.24, 2.45) is 7.05 Å². The van der Waals surface area contributed by atoms with E-state index in [2.05, 4.69) is 31.0 Å². The zero-order chi connectivity index (χ0) is 20.3. The Hall–Kier alpha value is -2.54. The summed E-state index contributed by atoms with van der Waals surface area (Å²) in [5, 5.41) is 9.23. The number of aryl methyl sites for hydroxylation is 1. The predicted molar refractivity (Wildman–Crippen MR) is 111 cm³/mol. The third kappa shape index (κ3) is 4.47. The minimum atomic E-state index is -0.271. The molecule has 3 aromatic rings. The third-order valence-electron chi connectivity index (χ3n) is 4.55. The van der Waals surface area contributed by atoms with Gasteiger partial charge in [0.25, 0.3) is 0 Å². The molecular formula is C21H26N4O2S. The molecule has 0 atom stereocenters. The lowest BCUT2D eigenvalue weighted by Gasteiger charge is -2.36. The Labute approximate surface area is 169 Å². The summed E-state index contributed by atoms with van der Waals surface area (Å²) in [5.74, 6) is 1.91. The fourth-order valence-electron chi connectivity index (χ4n) is 2.96. The SMILES string of the molecule is Cc1occc1-c1nnc(SCC(=O)N(Cc2ccccc2)C(C)(C)C)n1C. The van der Waals surface area contributed by atoms with Crippen LogP contribution in [0, 0.1) is 6.92 Å². The molecule has 0 aliphatic rings. The molecule has 0 aliphatic carbocycles. The Morgan fingerprint density at radius 3 is 2.50 bits per heavy atom. The zero-order valence-corrected chi connectivity index (χ0v) is 17.8. The number of hydrogen-bond donors (Lipinski definition) is 0. The Morgan fingerprint density at radius 1 is 1.18 bits per heavy atom. The van der Waals surface area contributed by atoms with Crippen molar-refractivity contribution >= 4 is 17.7 Å². The number of amides is 1. The van der Waals surface area contributed by atoms with Gasteiger partial charge in [-0.15, -0.1) is 10.2 Å². The first-order valence-corrected chi connectivity index (χ1v) is 10.2. The number of rotatable bonds is 6. The van der Waals surface area contributed by atoms with Crippen LogP contribution in [0.5, 0.6) is 0 Å². The van der Waals surface area contributed by atoms with Gasteiger partial charge in [0.05, 0.1) is 17.6 Å². The standard InChI is InChI=1S/C21H26N4O2S/c1-15-17(11-12-27-15)19-22-23-20(24(19)5)28-14-18(26)25(21(2,3)4)13-16-9-7-6-8-10-16/h6-12H,13-14H2,1-5H3. The summed E-state index contributed by atoms with van der Waals surface area (Å²) < 4.78 is 7.26. The minimum absolute atomic E-state index is 0.0744. The summed E-state index contributed by atoms with van der Waals surface area (Å²) in [5.41, 5.74) is 1.76. The summed E-state index contributed by atoms with van der Waals surface area (Å²) >= 11 is 1.40. The van der Waals surface area contributed by atoms with Gasteiger partial charge in [-0.2, -0.15) is 0 Å². The lowest BCUT2D eigenvalue weighted by atomic mass is 10.0. The Balaban J connectivity index is 1.71. The van der Waals surface area contributed by atoms with Crippen LogP contribution in [-0.2, 0) is 18.4 Å². The quantitative estimate of drug-likeness (QED) is 0.579. The van der Waals surface area contributed by atoms with Crippen molar-refractivity contribution in [3.05, 3.63) is 54.0 Å². The molecular weight excluding hydrogens is 372 g/mol. The summed E-state index contributed by atoms with van der Waals surface area (Å²) in [6.45, 7) is 8.65. The van der Waals surface area contributed by atoms with Crippen LogP contribution in [0.15, 0.2) is 52.2 Å². The van der Waals surface area contributed by atoms with Gasteiger partial charge in [0.2, 0.25) is 5.91 Å². The maximum atomic E-state index is 13.0. The maximum absolute atomic E-state index is 13.0. The zero-order valence-electron chi connectivity index (χ0n) is 17.0. The first-order valence-electron chi connectivity index (χ1n) is 9.18. The normalized spacial score (nSPS) is 11.6. The molecule has 0 N–H and O–H groups in total. The van der Waals surface area contributed by atoms with Crippen molar-refractivity contribution in [3.63, 3.8) is 0 Å². The number of carbonyl (C=O) groups is 1. The van der Waals surface area contributed by atoms with E-state index in [4.69, 9.17) is 4.42 Å². The first-order chi connectivity index (χ1) is 13.3. The monoisotopic (exact) mass is 398 g/mol. The van der Waals surface area contributed by atoms with E-state index in [0.717, 1.165) is 22.7 Å². The van der Waals surface area contributed by atoms with Gasteiger partial charge in [-0.25, -0.2) is 0 Å². The molecule has 0 unspecified atom stereocenters. The molecule has 1 amide bonds. The van der Waals surface area contributed by atoms with E-state index < -0.39 is 0 Å². The Morgan fingerprint density at radius 2 is 1.89 bits per heavy atom. The van der Waals surface area contributed by atoms with Gasteiger partial charge < -0.3 is 13.9 Å². The van der Waals surface area contributed by atoms with Gasteiger partial charge >= 0.3 is 0 Å². The number of aromatic nitrogens is 3. The number of carbonyl (C=O) groups excluding carboxylic acids is 1. The van der Waals surface area contributed by atoms with Crippen LogP contribution in [0.4, 0.5) is 0 Å². The van der Waals surface area contributed by atoms with Crippen molar-refractivity contribution in [2.75, 3.05) is 5.75 Å². The van der Waals surface area contributed by atoms with E-state index in [9.17, 15) is 4.79 Å². The highest BCUT2D eigenvalue weighted by molar-refractivity contribution is 7.99. The first kappa shape index (κ1) is 20.2. The van der Waals surface area contributed by atoms with Crippen molar-refractivity contribution in [3.8, 4) is 11.4 Å². The van der Waals surface area contributed by atoms with Crippen molar-refractivity contribution < 1.29 is 9.21 Å². The molecule has 3 rings (SSSR count). The Kier molecular flexibility index (Phi) is 5.93. The molecule has 7 heteroatoms. The van der Waals surface area contributed by atoms with Crippen LogP contribution >= 0.6 is 11.8 Å². The highest BCUT2D eigenvalue weighted by Gasteiger charge is 2.27. The van der Waals surface area contributed by atoms with Crippen LogP contribution in [-0.4, -0.2) is 36.9 Å². The number of furan rings is 1. The van der Waals surface area contributed by atoms with E-state index in [1.54, 1.807) is 6.26 Å². The number of hydrogen-bond acceptors (Lipinski definition) is 5. The van der Waals surface area contributed by atoms with E-state index in [1.165, 1.54) is 11.8 Å². The molecule has 0 fully saturated rings. The molecule has 2 heterocycles. The average Bonchev–Trinajstić information content (AvgIpc) is 3.23. The lowest BCUT2D eigenvalue weighted by Crippen LogP contribution is -2.45. The van der Waals surface area contributed by atoms with Gasteiger partial charge in [0.15, 0.2) is 11.0 Å². The summed E-state index contributed by atoms with van der Waals surface area (Å²) in [6.07, 6.45) is 1.64. The molecule has 0 radical (unpaired) electrons. The fourth-order valence-corrected chi connectivity index (χ4v) is 3.75. The molecule has 148 valence electrons. The van der Waals surface area contributed by atoms with Gasteiger partial charge in [0.1, 0.15) is 5.76 Å². The second-order valence-electron chi connectivity index (χ2n) is 7.68. The fraction of sp³-hybridized carbons (Fsp3) is 0.381. The summed E-state index contributed by atoms with van der Waals surface area (Å²) in [7, 11) is 1.90. The molecule has 0 aliphatic heterocycles. The second kappa shape index (κ2) is 8.22. The molecule has 0 saturated heterocycles. The molecule has 28 heavy (non-hydrogen) atoms. The minimum Gasteiger partial charge on any atom is -0.469 e. The van der Waals surface area contributed by atoms with E-state index >= 15 is 0 Å². The van der Waals surface area contributed by atoms with Crippen LogP contribution in [0.1, 0.15) is 32.1 Å². The number of thioether (sulfide) groups is 1. The van der Waals surface area contributed by atoms with Crippen LogP contribution in [0.2, 0.25) is 0 Å². The van der Waals surface area contributed by atoms with E-state index in [0.29, 0.717) is 17.5 Å². The molecule has 0 saturated carbocycles. The second-order valence-corrected chi connectivity index (χ2v) is 8.62. The third-order valence-corrected chi connectivity index (χ3v) is 5.56. The highest BCUT2D eigenvalue weighted by atomic mass is 32.2. The molecule has 0 spiro atoms. The van der Waals surface area contributed by atoms with Gasteiger partial charge in [-0.3, -0.25) is 4.79 Å². The molecule has 6 nitrogen and oxygen atoms in total. The molecule has 1 aromatic carbocycles. The van der Waals surface area contributed by atoms with E-state index in [-0.39, 0.29) is 11.4 Å². The van der Waals surface area contributed by atoms with Crippen molar-refractivity contribution in [1.82, 2.24) is 19.7 Å². The smallest absolute Gasteiger partial charge is 0.233 e. The largest absolute Gasteiger partial charge is 0.469 e. The van der Waals surface area contributed by atoms with Gasteiger partial charge in [-0.05, 0) is 39.3 Å². The van der Waals surface area contributed by atoms with E-state index in [1.807, 2.05) is 59.8 Å². The maximum Gasteiger partial charge on any atom is 0.233 e. The molecule has 0 bridgehead atoms. The van der Waals surface area contributed by atoms with Gasteiger partial charge in [-0.1, -0.05) is 42.1 Å². The van der Waals surface area contributed by atoms with Crippen molar-refractivity contribution in [2.45, 2.75) is 44.9 Å². The lowest BCUT2D eigenvalue weighted by molar-refractivity contribution is -0.133. The molecule has 2 aromatic heterocycles. The highest BCUT2D eigenvalue weighted by Crippen LogP contribution is 2.27. The number of benzene rings is 1. The van der Waals surface area contributed by atoms with Crippen LogP contribution in [0.25, 0.3) is 11.4 Å². The number of nitrogens with zero attached hydrogens (tertiary/aromatic N) is 4. The van der Waals surface area contributed by atoms with Crippen molar-refractivity contribution in [1.29, 1.82) is 0 Å². The van der Waals surface area contributed by atoms with Gasteiger partial charge in [0, 0.05) is 19.1 Å². The average molecular weight is 399 g/mol. The summed E-state index contributed by atoms with van der Waals surface area (Å²) in [6, 6.07) is 11.9. The topological polar surface area (TPSA) is 64.2 Å².